The van der Waals surface area contributed by atoms with Gasteiger partial charge in [0, 0.05) is 24.4 Å². The fraction of sp³-hybridized carbons (Fsp3) is 0.824. The van der Waals surface area contributed by atoms with Gasteiger partial charge in [-0.3, -0.25) is 0 Å². The lowest BCUT2D eigenvalue weighted by Gasteiger charge is -2.46. The fourth-order valence-electron chi connectivity index (χ4n) is 3.25. The first kappa shape index (κ1) is 22.3. The van der Waals surface area contributed by atoms with Crippen LogP contribution in [0.25, 0.3) is 0 Å². The van der Waals surface area contributed by atoms with Crippen LogP contribution in [-0.2, 0) is 8.85 Å². The van der Waals surface area contributed by atoms with Crippen molar-refractivity contribution in [3.8, 4) is 0 Å². The van der Waals surface area contributed by atoms with Gasteiger partial charge in [0.1, 0.15) is 6.67 Å². The van der Waals surface area contributed by atoms with Gasteiger partial charge in [-0.25, -0.2) is 9.18 Å². The number of hydrogen-bond acceptors (Lipinski definition) is 3. The first-order valence-electron chi connectivity index (χ1n) is 9.35. The van der Waals surface area contributed by atoms with Crippen LogP contribution in [0.1, 0.15) is 46.5 Å². The standard InChI is InChI=1S/C17H35FN2O3Si2/c1-16(2,3)17(22-24-4,23-25-5)12-13-7-6-8-14(11-13)20-15(21)19-10-9-18/h11,14H,6-10,12,24-25H2,1-5H3,(H2,19,20,21). The fourth-order valence-corrected chi connectivity index (χ4v) is 5.58. The Hall–Kier alpha value is -0.706. The zero-order chi connectivity index (χ0) is 18.9. The minimum absolute atomic E-state index is 0.0150. The molecular weight excluding hydrogens is 355 g/mol. The lowest BCUT2D eigenvalue weighted by Crippen LogP contribution is -2.50. The molecule has 0 aliphatic heterocycles. The van der Waals surface area contributed by atoms with Crippen LogP contribution in [0.3, 0.4) is 0 Å². The van der Waals surface area contributed by atoms with E-state index in [0.29, 0.717) is 0 Å². The van der Waals surface area contributed by atoms with Crippen molar-refractivity contribution in [2.75, 3.05) is 13.2 Å². The Balaban J connectivity index is 2.86. The molecular formula is C17H35FN2O3Si2. The molecule has 0 aromatic carbocycles. The second-order valence-electron chi connectivity index (χ2n) is 7.46. The van der Waals surface area contributed by atoms with Crippen LogP contribution >= 0.6 is 0 Å². The van der Waals surface area contributed by atoms with Crippen LogP contribution in [0.4, 0.5) is 9.18 Å². The van der Waals surface area contributed by atoms with E-state index < -0.39 is 32.0 Å². The Bertz CT molecular complexity index is 450. The highest BCUT2D eigenvalue weighted by molar-refractivity contribution is 6.26. The maximum atomic E-state index is 12.2. The number of urea groups is 1. The van der Waals surface area contributed by atoms with Crippen LogP contribution < -0.4 is 10.6 Å². The van der Waals surface area contributed by atoms with Crippen molar-refractivity contribution in [2.24, 2.45) is 5.41 Å². The summed E-state index contributed by atoms with van der Waals surface area (Å²) >= 11 is 0. The monoisotopic (exact) mass is 390 g/mol. The molecule has 8 heteroatoms. The first-order valence-corrected chi connectivity index (χ1v) is 13.3. The van der Waals surface area contributed by atoms with Crippen LogP contribution in [0.5, 0.6) is 0 Å². The third-order valence-corrected chi connectivity index (χ3v) is 6.01. The Morgan fingerprint density at radius 1 is 1.32 bits per heavy atom. The summed E-state index contributed by atoms with van der Waals surface area (Å²) < 4.78 is 24.7. The zero-order valence-corrected chi connectivity index (χ0v) is 19.2. The predicted octanol–water partition coefficient (Wildman–Crippen LogP) is 2.16. The molecule has 0 aromatic rings. The highest BCUT2D eigenvalue weighted by Crippen LogP contribution is 2.41. The van der Waals surface area contributed by atoms with Gasteiger partial charge in [0.25, 0.3) is 0 Å². The first-order chi connectivity index (χ1) is 11.8. The summed E-state index contributed by atoms with van der Waals surface area (Å²) in [5, 5.41) is 5.43. The second-order valence-corrected chi connectivity index (χ2v) is 9.19. The van der Waals surface area contributed by atoms with Crippen LogP contribution in [0, 0.1) is 5.41 Å². The quantitative estimate of drug-likeness (QED) is 0.360. The normalized spacial score (nSPS) is 21.5. The summed E-state index contributed by atoms with van der Waals surface area (Å²) in [6.07, 6.45) is 5.82. The van der Waals surface area contributed by atoms with Crippen molar-refractivity contribution in [2.45, 2.75) is 71.4 Å². The molecule has 1 aliphatic carbocycles. The molecule has 0 spiro atoms. The van der Waals surface area contributed by atoms with E-state index in [0.717, 1.165) is 25.7 Å². The summed E-state index contributed by atoms with van der Waals surface area (Å²) in [7, 11) is -1.25. The van der Waals surface area contributed by atoms with Gasteiger partial charge in [0.2, 0.25) is 0 Å². The van der Waals surface area contributed by atoms with Gasteiger partial charge >= 0.3 is 6.03 Å². The SMILES string of the molecule is C[SiH2]OC(CC1=CC(NC(=O)NCCF)CCC1)(O[SiH2]C)C(C)(C)C. The average Bonchev–Trinajstić information content (AvgIpc) is 2.52. The zero-order valence-electron chi connectivity index (χ0n) is 16.4. The molecule has 0 fully saturated rings. The number of hydrogen-bond donors (Lipinski definition) is 2. The van der Waals surface area contributed by atoms with Crippen LogP contribution in [-0.4, -0.2) is 50.6 Å². The Kier molecular flexibility index (Phi) is 9.33. The molecule has 25 heavy (non-hydrogen) atoms. The molecule has 2 N–H and O–H groups in total. The third-order valence-electron chi connectivity index (χ3n) is 4.50. The number of halogens is 1. The van der Waals surface area contributed by atoms with E-state index in [-0.39, 0.29) is 24.0 Å². The smallest absolute Gasteiger partial charge is 0.315 e. The number of carbonyl (C=O) groups is 1. The van der Waals surface area contributed by atoms with Crippen molar-refractivity contribution in [1.82, 2.24) is 10.6 Å². The largest absolute Gasteiger partial charge is 0.398 e. The van der Waals surface area contributed by atoms with Gasteiger partial charge in [-0.05, 0) is 19.3 Å². The molecule has 5 nitrogen and oxygen atoms in total. The van der Waals surface area contributed by atoms with E-state index in [9.17, 15) is 9.18 Å². The number of alkyl halides is 1. The molecule has 1 unspecified atom stereocenters. The van der Waals surface area contributed by atoms with E-state index in [1.165, 1.54) is 5.57 Å². The van der Waals surface area contributed by atoms with Gasteiger partial charge in [0.15, 0.2) is 25.3 Å². The van der Waals surface area contributed by atoms with Crippen molar-refractivity contribution in [3.63, 3.8) is 0 Å². The minimum atomic E-state index is -0.623. The van der Waals surface area contributed by atoms with Gasteiger partial charge in [-0.15, -0.1) is 0 Å². The van der Waals surface area contributed by atoms with Crippen LogP contribution in [0.2, 0.25) is 13.1 Å². The maximum absolute atomic E-state index is 12.2. The van der Waals surface area contributed by atoms with Gasteiger partial charge in [-0.1, -0.05) is 45.5 Å². The van der Waals surface area contributed by atoms with Gasteiger partial charge in [-0.2, -0.15) is 0 Å². The number of nitrogens with one attached hydrogen (secondary N) is 2. The second kappa shape index (κ2) is 10.4. The average molecular weight is 391 g/mol. The van der Waals surface area contributed by atoms with Crippen molar-refractivity contribution in [1.29, 1.82) is 0 Å². The summed E-state index contributed by atoms with van der Waals surface area (Å²) in [4.78, 5) is 11.8. The van der Waals surface area contributed by atoms with Crippen molar-refractivity contribution < 1.29 is 18.0 Å². The highest BCUT2D eigenvalue weighted by atomic mass is 28.2. The summed E-state index contributed by atoms with van der Waals surface area (Å²) in [5.41, 5.74) is 1.17. The van der Waals surface area contributed by atoms with E-state index in [2.05, 4.69) is 50.6 Å². The summed E-state index contributed by atoms with van der Waals surface area (Å²) in [5.74, 6) is -0.556. The molecule has 0 heterocycles. The lowest BCUT2D eigenvalue weighted by molar-refractivity contribution is -0.185. The number of carbonyl (C=O) groups excluding carboxylic acids is 1. The topological polar surface area (TPSA) is 59.6 Å². The molecule has 1 aliphatic rings. The molecule has 1 atom stereocenters. The van der Waals surface area contributed by atoms with E-state index >= 15 is 0 Å². The van der Waals surface area contributed by atoms with E-state index in [1.54, 1.807) is 0 Å². The lowest BCUT2D eigenvalue weighted by atomic mass is 9.79. The Morgan fingerprint density at radius 3 is 2.48 bits per heavy atom. The molecule has 0 aromatic heterocycles. The predicted molar refractivity (Wildman–Crippen MR) is 106 cm³/mol. The minimum Gasteiger partial charge on any atom is -0.398 e. The molecule has 0 saturated carbocycles. The maximum Gasteiger partial charge on any atom is 0.315 e. The molecule has 146 valence electrons. The third kappa shape index (κ3) is 6.84. The summed E-state index contributed by atoms with van der Waals surface area (Å²) in [6.45, 7) is 10.3. The molecule has 0 radical (unpaired) electrons. The summed E-state index contributed by atoms with van der Waals surface area (Å²) in [6, 6.07) is -0.324. The molecule has 2 amide bonds. The number of amides is 2. The highest BCUT2D eigenvalue weighted by Gasteiger charge is 2.43. The van der Waals surface area contributed by atoms with E-state index in [4.69, 9.17) is 8.85 Å². The number of rotatable bonds is 9. The van der Waals surface area contributed by atoms with Crippen molar-refractivity contribution >= 4 is 25.6 Å². The molecule has 0 bridgehead atoms. The van der Waals surface area contributed by atoms with Gasteiger partial charge < -0.3 is 19.5 Å². The Morgan fingerprint density at radius 2 is 1.96 bits per heavy atom. The van der Waals surface area contributed by atoms with Crippen LogP contribution in [0.15, 0.2) is 11.6 Å². The van der Waals surface area contributed by atoms with E-state index in [1.807, 2.05) is 0 Å². The Labute approximate surface area is 156 Å². The molecule has 0 saturated heterocycles. The van der Waals surface area contributed by atoms with Gasteiger partial charge in [0.05, 0.1) is 0 Å². The molecule has 1 rings (SSSR count). The van der Waals surface area contributed by atoms with Crippen molar-refractivity contribution in [3.05, 3.63) is 11.6 Å².